The standard InChI is InChI=1S/C22H17Cl2F4N3O3/c1-11-7-17(29-21(33)30-20(32)15-5-3-4-6-16(15)25)12(2)18(24)19(11)34-31-9-13(22(26,27)28)8-14(23)10-31/h3-9H,10H2,1-2H3,(H2,29,30,32,33). The van der Waals surface area contributed by atoms with Crippen molar-refractivity contribution in [2.24, 2.45) is 0 Å². The number of imide groups is 1. The van der Waals surface area contributed by atoms with Gasteiger partial charge in [-0.15, -0.1) is 0 Å². The molecule has 0 aliphatic carbocycles. The molecule has 1 aliphatic heterocycles. The number of hydrogen-bond donors (Lipinski definition) is 2. The number of rotatable bonds is 4. The summed E-state index contributed by atoms with van der Waals surface area (Å²) in [6.07, 6.45) is -3.07. The Kier molecular flexibility index (Phi) is 7.42. The predicted octanol–water partition coefficient (Wildman–Crippen LogP) is 6.24. The van der Waals surface area contributed by atoms with Gasteiger partial charge in [-0.1, -0.05) is 35.3 Å². The van der Waals surface area contributed by atoms with Crippen LogP contribution in [0.3, 0.4) is 0 Å². The van der Waals surface area contributed by atoms with Gasteiger partial charge in [-0.05, 0) is 49.2 Å². The van der Waals surface area contributed by atoms with E-state index in [-0.39, 0.29) is 33.6 Å². The minimum absolute atomic E-state index is 0.0170. The highest BCUT2D eigenvalue weighted by atomic mass is 35.5. The third kappa shape index (κ3) is 5.81. The van der Waals surface area contributed by atoms with Crippen LogP contribution in [0.2, 0.25) is 5.02 Å². The summed E-state index contributed by atoms with van der Waals surface area (Å²) in [7, 11) is 0. The van der Waals surface area contributed by atoms with E-state index in [0.717, 1.165) is 23.4 Å². The third-order valence-corrected chi connectivity index (χ3v) is 5.37. The van der Waals surface area contributed by atoms with Gasteiger partial charge in [0.05, 0.1) is 28.9 Å². The third-order valence-electron chi connectivity index (χ3n) is 4.68. The zero-order valence-electron chi connectivity index (χ0n) is 17.7. The molecule has 0 saturated heterocycles. The number of halogens is 6. The maximum atomic E-state index is 13.7. The Balaban J connectivity index is 1.77. The number of benzene rings is 2. The second kappa shape index (κ2) is 9.94. The van der Waals surface area contributed by atoms with Crippen molar-refractivity contribution in [2.45, 2.75) is 20.0 Å². The first kappa shape index (κ1) is 25.4. The van der Waals surface area contributed by atoms with Gasteiger partial charge in [-0.3, -0.25) is 10.1 Å². The van der Waals surface area contributed by atoms with Crippen LogP contribution in [0.25, 0.3) is 0 Å². The first-order valence-electron chi connectivity index (χ1n) is 9.63. The van der Waals surface area contributed by atoms with Gasteiger partial charge in [0, 0.05) is 10.7 Å². The minimum atomic E-state index is -4.63. The van der Waals surface area contributed by atoms with E-state index in [1.165, 1.54) is 31.2 Å². The van der Waals surface area contributed by atoms with E-state index in [9.17, 15) is 27.2 Å². The molecule has 12 heteroatoms. The molecule has 2 aromatic carbocycles. The van der Waals surface area contributed by atoms with Crippen molar-refractivity contribution >= 4 is 40.8 Å². The van der Waals surface area contributed by atoms with Crippen LogP contribution in [0.15, 0.2) is 53.2 Å². The lowest BCUT2D eigenvalue weighted by Gasteiger charge is -2.27. The first-order valence-corrected chi connectivity index (χ1v) is 10.4. The Morgan fingerprint density at radius 1 is 1.15 bits per heavy atom. The van der Waals surface area contributed by atoms with Gasteiger partial charge in [0.25, 0.3) is 5.91 Å². The molecule has 3 amide bonds. The summed E-state index contributed by atoms with van der Waals surface area (Å²) < 4.78 is 53.0. The van der Waals surface area contributed by atoms with Crippen LogP contribution >= 0.6 is 23.2 Å². The summed E-state index contributed by atoms with van der Waals surface area (Å²) in [5.74, 6) is -1.69. The summed E-state index contributed by atoms with van der Waals surface area (Å²) in [4.78, 5) is 30.0. The van der Waals surface area contributed by atoms with Crippen LogP contribution in [0, 0.1) is 19.7 Å². The molecule has 0 atom stereocenters. The van der Waals surface area contributed by atoms with Crippen molar-refractivity contribution < 1.29 is 32.0 Å². The quantitative estimate of drug-likeness (QED) is 0.471. The number of aryl methyl sites for hydroxylation is 1. The Bertz CT molecular complexity index is 1210. The molecule has 0 saturated carbocycles. The fourth-order valence-corrected chi connectivity index (χ4v) is 3.52. The number of hydroxylamine groups is 2. The predicted molar refractivity (Wildman–Crippen MR) is 119 cm³/mol. The second-order valence-corrected chi connectivity index (χ2v) is 8.10. The van der Waals surface area contributed by atoms with Crippen molar-refractivity contribution in [3.8, 4) is 5.75 Å². The number of hydrogen-bond acceptors (Lipinski definition) is 4. The lowest BCUT2D eigenvalue weighted by molar-refractivity contribution is -0.0941. The first-order chi connectivity index (χ1) is 15.9. The molecule has 2 aromatic rings. The number of nitrogens with zero attached hydrogens (tertiary/aromatic N) is 1. The van der Waals surface area contributed by atoms with Gasteiger partial charge in [0.2, 0.25) is 0 Å². The number of carbonyl (C=O) groups excluding carboxylic acids is 2. The summed E-state index contributed by atoms with van der Waals surface area (Å²) in [6, 6.07) is 5.66. The smallest absolute Gasteiger partial charge is 0.378 e. The zero-order valence-corrected chi connectivity index (χ0v) is 19.2. The number of nitrogens with one attached hydrogen (secondary N) is 2. The van der Waals surface area contributed by atoms with Crippen LogP contribution in [0.1, 0.15) is 21.5 Å². The highest BCUT2D eigenvalue weighted by Gasteiger charge is 2.35. The minimum Gasteiger partial charge on any atom is -0.378 e. The zero-order chi connectivity index (χ0) is 25.2. The molecule has 0 unspecified atom stereocenters. The van der Waals surface area contributed by atoms with Crippen molar-refractivity contribution in [1.29, 1.82) is 0 Å². The molecule has 1 heterocycles. The molecule has 2 N–H and O–H groups in total. The van der Waals surface area contributed by atoms with E-state index >= 15 is 0 Å². The van der Waals surface area contributed by atoms with Crippen LogP contribution in [-0.2, 0) is 0 Å². The van der Waals surface area contributed by atoms with Gasteiger partial charge < -0.3 is 10.2 Å². The molecule has 0 aromatic heterocycles. The van der Waals surface area contributed by atoms with E-state index in [1.54, 1.807) is 6.92 Å². The number of carbonyl (C=O) groups is 2. The van der Waals surface area contributed by atoms with Crippen LogP contribution < -0.4 is 15.5 Å². The average Bonchev–Trinajstić information content (AvgIpc) is 2.74. The Morgan fingerprint density at radius 3 is 2.47 bits per heavy atom. The second-order valence-electron chi connectivity index (χ2n) is 7.24. The molecule has 0 radical (unpaired) electrons. The van der Waals surface area contributed by atoms with Crippen LogP contribution in [0.5, 0.6) is 5.75 Å². The molecule has 3 rings (SSSR count). The molecule has 1 aliphatic rings. The van der Waals surface area contributed by atoms with Crippen molar-refractivity contribution in [3.63, 3.8) is 0 Å². The Morgan fingerprint density at radius 2 is 1.82 bits per heavy atom. The van der Waals surface area contributed by atoms with Crippen molar-refractivity contribution in [2.75, 3.05) is 11.9 Å². The normalized spacial score (nSPS) is 13.7. The van der Waals surface area contributed by atoms with E-state index < -0.39 is 29.5 Å². The lowest BCUT2D eigenvalue weighted by atomic mass is 10.1. The Labute approximate surface area is 201 Å². The molecule has 180 valence electrons. The molecular weight excluding hydrogens is 501 g/mol. The fourth-order valence-electron chi connectivity index (χ4n) is 3.00. The van der Waals surface area contributed by atoms with Gasteiger partial charge in [0.15, 0.2) is 5.75 Å². The summed E-state index contributed by atoms with van der Waals surface area (Å²) in [6.45, 7) is 2.95. The van der Waals surface area contributed by atoms with Crippen LogP contribution in [0.4, 0.5) is 28.0 Å². The highest BCUT2D eigenvalue weighted by Crippen LogP contribution is 2.38. The SMILES string of the molecule is Cc1cc(NC(=O)NC(=O)c2ccccc2F)c(C)c(Cl)c1ON1C=C(C(F)(F)F)C=C(Cl)C1. The van der Waals surface area contributed by atoms with E-state index in [4.69, 9.17) is 28.0 Å². The van der Waals surface area contributed by atoms with Gasteiger partial charge in [-0.2, -0.15) is 13.2 Å². The number of amides is 3. The summed E-state index contributed by atoms with van der Waals surface area (Å²) in [5, 5.41) is 5.27. The molecular formula is C22H17Cl2F4N3O3. The van der Waals surface area contributed by atoms with Gasteiger partial charge in [-0.25, -0.2) is 14.2 Å². The van der Waals surface area contributed by atoms with Crippen LogP contribution in [-0.4, -0.2) is 29.7 Å². The molecule has 0 bridgehead atoms. The largest absolute Gasteiger partial charge is 0.417 e. The molecule has 6 nitrogen and oxygen atoms in total. The van der Waals surface area contributed by atoms with Gasteiger partial charge >= 0.3 is 12.2 Å². The Hall–Kier alpha value is -3.24. The maximum absolute atomic E-state index is 13.7. The molecule has 34 heavy (non-hydrogen) atoms. The maximum Gasteiger partial charge on any atom is 0.417 e. The summed E-state index contributed by atoms with van der Waals surface area (Å²) in [5.41, 5.74) is -0.415. The average molecular weight is 518 g/mol. The number of alkyl halides is 3. The number of allylic oxidation sites excluding steroid dienone is 2. The topological polar surface area (TPSA) is 70.7 Å². The number of anilines is 1. The molecule has 0 spiro atoms. The number of urea groups is 1. The van der Waals surface area contributed by atoms with Gasteiger partial charge in [0.1, 0.15) is 5.82 Å². The fraction of sp³-hybridized carbons (Fsp3) is 0.182. The van der Waals surface area contributed by atoms with E-state index in [1.807, 2.05) is 5.32 Å². The lowest BCUT2D eigenvalue weighted by Crippen LogP contribution is -2.35. The summed E-state index contributed by atoms with van der Waals surface area (Å²) >= 11 is 12.2. The van der Waals surface area contributed by atoms with E-state index in [0.29, 0.717) is 11.1 Å². The molecule has 0 fully saturated rings. The van der Waals surface area contributed by atoms with Crippen molar-refractivity contribution in [3.05, 3.63) is 80.7 Å². The van der Waals surface area contributed by atoms with E-state index in [2.05, 4.69) is 5.32 Å². The highest BCUT2D eigenvalue weighted by molar-refractivity contribution is 6.33. The monoisotopic (exact) mass is 517 g/mol. The van der Waals surface area contributed by atoms with Crippen molar-refractivity contribution in [1.82, 2.24) is 10.4 Å².